The quantitative estimate of drug-likeness (QED) is 0.0560. The molecule has 2 atom stereocenters. The van der Waals surface area contributed by atoms with E-state index in [0.29, 0.717) is 69.0 Å². The lowest BCUT2D eigenvalue weighted by atomic mass is 10.0. The van der Waals surface area contributed by atoms with Gasteiger partial charge in [-0.2, -0.15) is 0 Å². The van der Waals surface area contributed by atoms with Gasteiger partial charge >= 0.3 is 6.09 Å². The highest BCUT2D eigenvalue weighted by Crippen LogP contribution is 2.41. The van der Waals surface area contributed by atoms with Gasteiger partial charge in [-0.25, -0.2) is 4.79 Å². The van der Waals surface area contributed by atoms with Gasteiger partial charge in [-0.05, 0) is 97.7 Å². The van der Waals surface area contributed by atoms with Crippen molar-refractivity contribution in [2.45, 2.75) is 76.4 Å². The first-order valence-corrected chi connectivity index (χ1v) is 22.6. The minimum absolute atomic E-state index is 0.00458. The first-order chi connectivity index (χ1) is 30.4. The number of fused-ring (bicyclic) bond motifs is 2. The molecule has 0 radical (unpaired) electrons. The second kappa shape index (κ2) is 21.1. The molecule has 4 N–H and O–H groups in total. The molecule has 4 aliphatic rings. The molecule has 3 amide bonds. The zero-order valence-corrected chi connectivity index (χ0v) is 35.7. The van der Waals surface area contributed by atoms with Crippen molar-refractivity contribution in [1.29, 1.82) is 0 Å². The maximum atomic E-state index is 13.4. The molecular weight excluding hydrogens is 783 g/mol. The molecule has 328 valence electrons. The molecule has 8 rings (SSSR count). The van der Waals surface area contributed by atoms with Crippen molar-refractivity contribution in [3.8, 4) is 22.6 Å². The van der Waals surface area contributed by atoms with E-state index in [0.717, 1.165) is 93.4 Å². The van der Waals surface area contributed by atoms with Gasteiger partial charge in [-0.3, -0.25) is 14.9 Å². The third kappa shape index (κ3) is 11.3. The molecule has 62 heavy (non-hydrogen) atoms. The Morgan fingerprint density at radius 1 is 0.855 bits per heavy atom. The second-order valence-corrected chi connectivity index (χ2v) is 17.3. The normalized spacial score (nSPS) is 19.7. The summed E-state index contributed by atoms with van der Waals surface area (Å²) in [4.78, 5) is 42.8. The maximum absolute atomic E-state index is 13.4. The van der Waals surface area contributed by atoms with E-state index in [1.54, 1.807) is 6.07 Å². The van der Waals surface area contributed by atoms with Gasteiger partial charge < -0.3 is 39.8 Å². The Bertz CT molecular complexity index is 2130. The average molecular weight is 844 g/mol. The molecule has 0 spiro atoms. The van der Waals surface area contributed by atoms with Crippen molar-refractivity contribution in [1.82, 2.24) is 15.1 Å². The molecule has 2 aliphatic carbocycles. The Balaban J connectivity index is 0.707. The summed E-state index contributed by atoms with van der Waals surface area (Å²) >= 11 is 0. The number of ether oxygens (including phenoxy) is 3. The lowest BCUT2D eigenvalue weighted by molar-refractivity contribution is -0.134. The van der Waals surface area contributed by atoms with Crippen molar-refractivity contribution in [2.75, 3.05) is 69.7 Å². The number of carbonyl (C=O) groups is 3. The first-order valence-electron chi connectivity index (χ1n) is 22.6. The van der Waals surface area contributed by atoms with Crippen LogP contribution in [-0.4, -0.2) is 104 Å². The summed E-state index contributed by atoms with van der Waals surface area (Å²) in [6.07, 6.45) is 8.65. The summed E-state index contributed by atoms with van der Waals surface area (Å²) < 4.78 is 17.6. The van der Waals surface area contributed by atoms with E-state index in [4.69, 9.17) is 14.2 Å². The van der Waals surface area contributed by atoms with Gasteiger partial charge in [0.05, 0.1) is 25.3 Å². The average Bonchev–Trinajstić information content (AvgIpc) is 4.04. The lowest BCUT2D eigenvalue weighted by Gasteiger charge is -2.29. The van der Waals surface area contributed by atoms with Gasteiger partial charge in [-0.1, -0.05) is 91.7 Å². The van der Waals surface area contributed by atoms with Crippen molar-refractivity contribution >= 4 is 29.3 Å². The van der Waals surface area contributed by atoms with Gasteiger partial charge in [0.2, 0.25) is 5.91 Å². The van der Waals surface area contributed by atoms with Crippen LogP contribution in [0.1, 0.15) is 61.6 Å². The molecule has 4 aromatic rings. The topological polar surface area (TPSA) is 142 Å². The zero-order valence-electron chi connectivity index (χ0n) is 35.7. The van der Waals surface area contributed by atoms with Gasteiger partial charge in [0.15, 0.2) is 12.4 Å². The van der Waals surface area contributed by atoms with Crippen LogP contribution in [0.2, 0.25) is 0 Å². The molecular formula is C50H61N5O7. The van der Waals surface area contributed by atoms with E-state index in [2.05, 4.69) is 50.0 Å². The number of carbonyl (C=O) groups excluding carboxylic acids is 3. The summed E-state index contributed by atoms with van der Waals surface area (Å²) in [6, 6.07) is 30.4. The highest BCUT2D eigenvalue weighted by molar-refractivity contribution is 5.97. The predicted octanol–water partition coefficient (Wildman–Crippen LogP) is 7.44. The van der Waals surface area contributed by atoms with Crippen molar-refractivity contribution < 1.29 is 33.7 Å². The molecule has 2 heterocycles. The summed E-state index contributed by atoms with van der Waals surface area (Å²) in [5.41, 5.74) is 6.61. The van der Waals surface area contributed by atoms with Gasteiger partial charge in [-0.15, -0.1) is 0 Å². The van der Waals surface area contributed by atoms with E-state index in [-0.39, 0.29) is 42.4 Å². The fourth-order valence-corrected chi connectivity index (χ4v) is 9.88. The predicted molar refractivity (Wildman–Crippen MR) is 240 cm³/mol. The van der Waals surface area contributed by atoms with Crippen molar-refractivity contribution in [2.24, 2.45) is 11.8 Å². The van der Waals surface area contributed by atoms with Crippen LogP contribution in [0.15, 0.2) is 91.0 Å². The number of likely N-dealkylation sites (tertiary alicyclic amines) is 1. The van der Waals surface area contributed by atoms with Crippen LogP contribution in [0.4, 0.5) is 16.2 Å². The third-order valence-electron chi connectivity index (χ3n) is 13.0. The molecule has 2 aliphatic heterocycles. The number of anilines is 2. The van der Waals surface area contributed by atoms with Crippen LogP contribution in [0, 0.1) is 11.8 Å². The number of amides is 3. The van der Waals surface area contributed by atoms with Crippen molar-refractivity contribution in [3.63, 3.8) is 0 Å². The van der Waals surface area contributed by atoms with Crippen LogP contribution in [0.25, 0.3) is 11.1 Å². The number of phenolic OH excluding ortho intramolecular Hbond substituents is 1. The SMILES string of the molecule is O=C1COc2c(CCNCCN(C(=O)CCOCCc3cccc(CCN4CC5CC(OC(=O)Nc6ccccc6-c6ccccc6)CC5C4)c3)C3CCCC3)ccc(O)c2N1. The van der Waals surface area contributed by atoms with Crippen LogP contribution < -0.4 is 20.7 Å². The Morgan fingerprint density at radius 2 is 1.61 bits per heavy atom. The van der Waals surface area contributed by atoms with Gasteiger partial charge in [0.25, 0.3) is 5.91 Å². The molecule has 3 fully saturated rings. The largest absolute Gasteiger partial charge is 0.506 e. The molecule has 2 saturated carbocycles. The number of nitrogens with zero attached hydrogens (tertiary/aromatic N) is 2. The summed E-state index contributed by atoms with van der Waals surface area (Å²) in [5, 5.41) is 19.3. The molecule has 4 aromatic carbocycles. The standard InChI is InChI=1S/C50H61N5O7/c56-45-18-17-38(49-48(45)53-46(57)34-61-49)19-23-51-24-26-55(41-13-4-5-14-41)47(58)22-28-60-27-21-36-10-8-9-35(29-36)20-25-54-32-39-30-42(31-40(39)33-54)62-50(59)52-44-16-7-6-15-43(44)37-11-2-1-3-12-37/h1-3,6-12,15-18,29,39-42,51,56H,4-5,13-14,19-28,30-34H2,(H,52,59)(H,53,57). The second-order valence-electron chi connectivity index (χ2n) is 17.3. The van der Waals surface area contributed by atoms with Crippen LogP contribution in [-0.2, 0) is 38.3 Å². The smallest absolute Gasteiger partial charge is 0.411 e. The Kier molecular flexibility index (Phi) is 14.7. The van der Waals surface area contributed by atoms with Gasteiger partial charge in [0, 0.05) is 44.3 Å². The van der Waals surface area contributed by atoms with Crippen LogP contribution in [0.5, 0.6) is 11.5 Å². The number of nitrogens with one attached hydrogen (secondary N) is 3. The first kappa shape index (κ1) is 43.2. The highest BCUT2D eigenvalue weighted by Gasteiger charge is 2.42. The number of aromatic hydroxyl groups is 1. The summed E-state index contributed by atoms with van der Waals surface area (Å²) in [5.74, 6) is 1.50. The van der Waals surface area contributed by atoms with E-state index in [1.165, 1.54) is 11.1 Å². The number of rotatable bonds is 19. The Labute approximate surface area is 365 Å². The van der Waals surface area contributed by atoms with E-state index in [9.17, 15) is 19.5 Å². The Morgan fingerprint density at radius 3 is 2.42 bits per heavy atom. The fraction of sp³-hybridized carbons (Fsp3) is 0.460. The molecule has 1 saturated heterocycles. The molecule has 0 aromatic heterocycles. The van der Waals surface area contributed by atoms with Crippen LogP contribution >= 0.6 is 0 Å². The molecule has 12 nitrogen and oxygen atoms in total. The fourth-order valence-electron chi connectivity index (χ4n) is 9.88. The molecule has 2 unspecified atom stereocenters. The zero-order chi connectivity index (χ0) is 42.7. The lowest BCUT2D eigenvalue weighted by Crippen LogP contribution is -2.43. The molecule has 12 heteroatoms. The monoisotopic (exact) mass is 843 g/mol. The maximum Gasteiger partial charge on any atom is 0.411 e. The highest BCUT2D eigenvalue weighted by atomic mass is 16.6. The Hall–Kier alpha value is -5.43. The minimum atomic E-state index is -0.380. The third-order valence-corrected chi connectivity index (χ3v) is 13.0. The number of hydrogen-bond acceptors (Lipinski definition) is 9. The van der Waals surface area contributed by atoms with Crippen LogP contribution in [0.3, 0.4) is 0 Å². The number of hydrogen-bond donors (Lipinski definition) is 4. The summed E-state index contributed by atoms with van der Waals surface area (Å²) in [6.45, 7) is 6.03. The number of para-hydroxylation sites is 1. The van der Waals surface area contributed by atoms with E-state index >= 15 is 0 Å². The minimum Gasteiger partial charge on any atom is -0.506 e. The number of benzene rings is 4. The number of phenols is 1. The van der Waals surface area contributed by atoms with Gasteiger partial charge in [0.1, 0.15) is 17.5 Å². The van der Waals surface area contributed by atoms with Crippen molar-refractivity contribution in [3.05, 3.63) is 108 Å². The van der Waals surface area contributed by atoms with E-state index < -0.39 is 0 Å². The van der Waals surface area contributed by atoms with E-state index in [1.807, 2.05) is 60.7 Å². The molecule has 0 bridgehead atoms. The summed E-state index contributed by atoms with van der Waals surface area (Å²) in [7, 11) is 0.